The molecule has 1 heterocycles. The number of hydrogen-bond acceptors (Lipinski definition) is 3. The normalized spacial score (nSPS) is 22.5. The second-order valence-electron chi connectivity index (χ2n) is 5.15. The van der Waals surface area contributed by atoms with Crippen molar-refractivity contribution >= 4 is 12.1 Å². The first-order valence-electron chi connectivity index (χ1n) is 6.09. The van der Waals surface area contributed by atoms with E-state index in [0.717, 1.165) is 11.1 Å². The molecule has 19 heavy (non-hydrogen) atoms. The number of carboxylic acids is 1. The van der Waals surface area contributed by atoms with Crippen molar-refractivity contribution in [3.8, 4) is 0 Å². The predicted octanol–water partition coefficient (Wildman–Crippen LogP) is 2.06. The van der Waals surface area contributed by atoms with Crippen LogP contribution in [0, 0.1) is 13.8 Å². The largest absolute Gasteiger partial charge is 0.480 e. The summed E-state index contributed by atoms with van der Waals surface area (Å²) in [5, 5.41) is 8.76. The van der Waals surface area contributed by atoms with Crippen molar-refractivity contribution in [2.75, 3.05) is 13.1 Å². The molecule has 2 rings (SSSR count). The van der Waals surface area contributed by atoms with Crippen LogP contribution in [0.5, 0.6) is 0 Å². The van der Waals surface area contributed by atoms with Crippen molar-refractivity contribution in [1.82, 2.24) is 4.90 Å². The summed E-state index contributed by atoms with van der Waals surface area (Å²) in [5.41, 5.74) is 2.38. The summed E-state index contributed by atoms with van der Waals surface area (Å²) in [6.45, 7) is 5.73. The number of aliphatic carboxylic acids is 1. The third-order valence-corrected chi connectivity index (χ3v) is 3.51. The minimum Gasteiger partial charge on any atom is -0.480 e. The van der Waals surface area contributed by atoms with E-state index in [-0.39, 0.29) is 13.1 Å². The molecule has 1 N–H and O–H groups in total. The number of carbonyl (C=O) groups excluding carboxylic acids is 1. The van der Waals surface area contributed by atoms with Crippen molar-refractivity contribution in [1.29, 1.82) is 0 Å². The third-order valence-electron chi connectivity index (χ3n) is 3.51. The second kappa shape index (κ2) is 4.57. The van der Waals surface area contributed by atoms with Crippen LogP contribution >= 0.6 is 0 Å². The Labute approximate surface area is 111 Å². The Kier molecular flexibility index (Phi) is 3.22. The van der Waals surface area contributed by atoms with E-state index in [2.05, 4.69) is 0 Å². The van der Waals surface area contributed by atoms with Crippen molar-refractivity contribution in [2.24, 2.45) is 0 Å². The van der Waals surface area contributed by atoms with Crippen LogP contribution in [0.3, 0.4) is 0 Å². The highest BCUT2D eigenvalue weighted by Gasteiger charge is 2.43. The molecule has 1 aromatic carbocycles. The summed E-state index contributed by atoms with van der Waals surface area (Å²) in [6, 6.07) is 5.87. The molecule has 0 aromatic heterocycles. The number of amides is 1. The van der Waals surface area contributed by atoms with Gasteiger partial charge in [0.15, 0.2) is 5.60 Å². The lowest BCUT2D eigenvalue weighted by atomic mass is 9.93. The highest BCUT2D eigenvalue weighted by atomic mass is 16.6. The summed E-state index contributed by atoms with van der Waals surface area (Å²) in [7, 11) is 0. The number of carboxylic acid groups (broad SMARTS) is 1. The molecular weight excluding hydrogens is 246 g/mol. The first-order chi connectivity index (χ1) is 8.82. The van der Waals surface area contributed by atoms with Gasteiger partial charge in [-0.05, 0) is 37.5 Å². The van der Waals surface area contributed by atoms with Crippen LogP contribution < -0.4 is 0 Å². The van der Waals surface area contributed by atoms with Gasteiger partial charge in [0.05, 0.1) is 6.54 Å². The minimum absolute atomic E-state index is 0.251. The van der Waals surface area contributed by atoms with E-state index in [4.69, 9.17) is 9.84 Å². The first-order valence-corrected chi connectivity index (χ1v) is 6.09. The number of aryl methyl sites for hydroxylation is 2. The molecule has 1 aliphatic heterocycles. The monoisotopic (exact) mass is 263 g/mol. The fraction of sp³-hybridized carbons (Fsp3) is 0.429. The van der Waals surface area contributed by atoms with Gasteiger partial charge in [-0.2, -0.15) is 0 Å². The fourth-order valence-corrected chi connectivity index (χ4v) is 2.22. The average Bonchev–Trinajstić information content (AvgIpc) is 2.58. The van der Waals surface area contributed by atoms with Crippen molar-refractivity contribution in [3.63, 3.8) is 0 Å². The summed E-state index contributed by atoms with van der Waals surface area (Å²) in [6.07, 6.45) is -0.580. The SMILES string of the molecule is Cc1ccc(C2(C)CN(CC(=O)O)C(=O)O2)cc1C. The Hall–Kier alpha value is -2.04. The first kappa shape index (κ1) is 13.4. The van der Waals surface area contributed by atoms with E-state index in [1.165, 1.54) is 10.5 Å². The maximum Gasteiger partial charge on any atom is 0.411 e. The fourth-order valence-electron chi connectivity index (χ4n) is 2.22. The molecule has 1 saturated heterocycles. The highest BCUT2D eigenvalue weighted by Crippen LogP contribution is 2.33. The van der Waals surface area contributed by atoms with Crippen LogP contribution in [-0.2, 0) is 15.1 Å². The molecular formula is C14H17NO4. The van der Waals surface area contributed by atoms with Gasteiger partial charge in [0.25, 0.3) is 0 Å². The maximum absolute atomic E-state index is 11.7. The quantitative estimate of drug-likeness (QED) is 0.906. The van der Waals surface area contributed by atoms with Crippen LogP contribution in [0.1, 0.15) is 23.6 Å². The van der Waals surface area contributed by atoms with E-state index >= 15 is 0 Å². The molecule has 1 aliphatic rings. The van der Waals surface area contributed by atoms with Crippen LogP contribution in [-0.4, -0.2) is 35.2 Å². The van der Waals surface area contributed by atoms with Gasteiger partial charge in [-0.25, -0.2) is 4.79 Å². The van der Waals surface area contributed by atoms with Gasteiger partial charge < -0.3 is 9.84 Å². The van der Waals surface area contributed by atoms with Gasteiger partial charge in [-0.15, -0.1) is 0 Å². The molecule has 1 amide bonds. The minimum atomic E-state index is -1.04. The molecule has 1 aromatic rings. The van der Waals surface area contributed by atoms with Crippen molar-refractivity contribution in [3.05, 3.63) is 34.9 Å². The number of hydrogen-bond donors (Lipinski definition) is 1. The zero-order valence-electron chi connectivity index (χ0n) is 11.3. The zero-order valence-corrected chi connectivity index (χ0v) is 11.3. The molecule has 0 radical (unpaired) electrons. The topological polar surface area (TPSA) is 66.8 Å². The Morgan fingerprint density at radius 2 is 2.11 bits per heavy atom. The van der Waals surface area contributed by atoms with E-state index in [1.54, 1.807) is 6.92 Å². The molecule has 1 fully saturated rings. The van der Waals surface area contributed by atoms with E-state index in [1.807, 2.05) is 32.0 Å². The van der Waals surface area contributed by atoms with Gasteiger partial charge in [0.2, 0.25) is 0 Å². The summed E-state index contributed by atoms with van der Waals surface area (Å²) in [5.74, 6) is -1.04. The maximum atomic E-state index is 11.7. The second-order valence-corrected chi connectivity index (χ2v) is 5.15. The molecule has 5 heteroatoms. The van der Waals surface area contributed by atoms with Crippen LogP contribution in [0.2, 0.25) is 0 Å². The van der Waals surface area contributed by atoms with Crippen LogP contribution in [0.15, 0.2) is 18.2 Å². The average molecular weight is 263 g/mol. The van der Waals surface area contributed by atoms with Gasteiger partial charge in [-0.1, -0.05) is 18.2 Å². The molecule has 0 spiro atoms. The molecule has 0 saturated carbocycles. The van der Waals surface area contributed by atoms with Crippen LogP contribution in [0.4, 0.5) is 4.79 Å². The number of rotatable bonds is 3. The summed E-state index contributed by atoms with van der Waals surface area (Å²) in [4.78, 5) is 23.6. The van der Waals surface area contributed by atoms with Crippen molar-refractivity contribution < 1.29 is 19.4 Å². The van der Waals surface area contributed by atoms with Gasteiger partial charge in [0.1, 0.15) is 6.54 Å². The Bertz CT molecular complexity index is 540. The number of nitrogens with zero attached hydrogens (tertiary/aromatic N) is 1. The molecule has 1 atom stereocenters. The summed E-state index contributed by atoms with van der Waals surface area (Å²) < 4.78 is 5.37. The number of carbonyl (C=O) groups is 2. The molecule has 5 nitrogen and oxygen atoms in total. The lowest BCUT2D eigenvalue weighted by Gasteiger charge is -2.23. The molecule has 0 aliphatic carbocycles. The van der Waals surface area contributed by atoms with Gasteiger partial charge in [-0.3, -0.25) is 9.69 Å². The Balaban J connectivity index is 2.26. The van der Waals surface area contributed by atoms with Crippen LogP contribution in [0.25, 0.3) is 0 Å². The highest BCUT2D eigenvalue weighted by molar-refractivity contribution is 5.78. The number of ether oxygens (including phenoxy) is 1. The molecule has 102 valence electrons. The zero-order chi connectivity index (χ0) is 14.2. The number of cyclic esters (lactones) is 1. The summed E-state index contributed by atoms with van der Waals surface area (Å²) >= 11 is 0. The smallest absolute Gasteiger partial charge is 0.411 e. The lowest BCUT2D eigenvalue weighted by molar-refractivity contribution is -0.137. The van der Waals surface area contributed by atoms with Crippen molar-refractivity contribution in [2.45, 2.75) is 26.4 Å². The Morgan fingerprint density at radius 3 is 2.68 bits per heavy atom. The standard InChI is InChI=1S/C14H17NO4/c1-9-4-5-11(6-10(9)2)14(3)8-15(7-12(16)17)13(18)19-14/h4-6H,7-8H2,1-3H3,(H,16,17). The number of benzene rings is 1. The van der Waals surface area contributed by atoms with Gasteiger partial charge in [0, 0.05) is 0 Å². The van der Waals surface area contributed by atoms with E-state index in [9.17, 15) is 9.59 Å². The Morgan fingerprint density at radius 1 is 1.42 bits per heavy atom. The predicted molar refractivity (Wildman–Crippen MR) is 69.0 cm³/mol. The molecule has 0 bridgehead atoms. The van der Waals surface area contributed by atoms with E-state index in [0.29, 0.717) is 0 Å². The van der Waals surface area contributed by atoms with E-state index < -0.39 is 17.7 Å². The third kappa shape index (κ3) is 2.54. The molecule has 1 unspecified atom stereocenters. The lowest BCUT2D eigenvalue weighted by Crippen LogP contribution is -2.33. The van der Waals surface area contributed by atoms with Gasteiger partial charge >= 0.3 is 12.1 Å².